The van der Waals surface area contributed by atoms with Crippen molar-refractivity contribution in [3.63, 3.8) is 0 Å². The van der Waals surface area contributed by atoms with E-state index < -0.39 is 45.4 Å². The molecule has 0 bridgehead atoms. The third-order valence-corrected chi connectivity index (χ3v) is 9.24. The van der Waals surface area contributed by atoms with E-state index in [2.05, 4.69) is 5.43 Å². The van der Waals surface area contributed by atoms with E-state index in [1.54, 1.807) is 50.2 Å². The topological polar surface area (TPSA) is 123 Å². The molecule has 14 heteroatoms. The molecule has 0 saturated carbocycles. The lowest BCUT2D eigenvalue weighted by molar-refractivity contribution is -0.138. The lowest BCUT2D eigenvalue weighted by atomic mass is 9.90. The monoisotopic (exact) mass is 653 g/mol. The first kappa shape index (κ1) is 32.5. The van der Waals surface area contributed by atoms with Gasteiger partial charge in [-0.25, -0.2) is 18.0 Å². The smallest absolute Gasteiger partial charge is 0.416 e. The number of benzene rings is 3. The van der Waals surface area contributed by atoms with Gasteiger partial charge in [-0.05, 0) is 73.9 Å². The molecule has 0 radical (unpaired) electrons. The van der Waals surface area contributed by atoms with E-state index in [9.17, 15) is 36.4 Å². The number of sulfone groups is 1. The Morgan fingerprint density at radius 1 is 1.09 bits per heavy atom. The number of allylic oxidation sites excluding steroid dienone is 1. The summed E-state index contributed by atoms with van der Waals surface area (Å²) in [5.74, 6) is -2.31. The number of carbonyl (C=O) groups excluding carboxylic acids is 2. The van der Waals surface area contributed by atoms with Gasteiger partial charge in [0.2, 0.25) is 0 Å². The van der Waals surface area contributed by atoms with Crippen LogP contribution in [0.2, 0.25) is 0 Å². The number of amides is 2. The minimum Gasteiger partial charge on any atom is -0.466 e. The fraction of sp³-hybridized carbons (Fsp3) is 0.281. The van der Waals surface area contributed by atoms with Gasteiger partial charge in [0.25, 0.3) is 0 Å². The zero-order chi connectivity index (χ0) is 33.6. The number of halogens is 3. The number of nitriles is 1. The number of ether oxygens (including phenoxy) is 1. The lowest BCUT2D eigenvalue weighted by Crippen LogP contribution is -2.66. The van der Waals surface area contributed by atoms with E-state index >= 15 is 0 Å². The first-order chi connectivity index (χ1) is 21.6. The number of fused-ring (bicyclic) bond motifs is 1. The highest BCUT2D eigenvalue weighted by Crippen LogP contribution is 2.48. The summed E-state index contributed by atoms with van der Waals surface area (Å²) < 4.78 is 70.4. The summed E-state index contributed by atoms with van der Waals surface area (Å²) in [5.41, 5.74) is 4.16. The fourth-order valence-corrected chi connectivity index (χ4v) is 6.58. The minimum absolute atomic E-state index is 0.0236. The van der Waals surface area contributed by atoms with Crippen molar-refractivity contribution in [2.75, 3.05) is 24.8 Å². The van der Waals surface area contributed by atoms with Crippen LogP contribution in [0.4, 0.5) is 23.7 Å². The van der Waals surface area contributed by atoms with Crippen LogP contribution in [-0.4, -0.2) is 56.0 Å². The van der Waals surface area contributed by atoms with Crippen LogP contribution in [0.5, 0.6) is 0 Å². The first-order valence-corrected chi connectivity index (χ1v) is 15.9. The van der Waals surface area contributed by atoms with Crippen LogP contribution in [0.15, 0.2) is 89.0 Å². The third-order valence-electron chi connectivity index (χ3n) is 8.11. The van der Waals surface area contributed by atoms with Gasteiger partial charge in [-0.15, -0.1) is 0 Å². The Morgan fingerprint density at radius 3 is 2.30 bits per heavy atom. The van der Waals surface area contributed by atoms with Gasteiger partial charge in [-0.3, -0.25) is 9.91 Å². The Morgan fingerprint density at radius 2 is 1.74 bits per heavy atom. The number of hydrazine groups is 1. The van der Waals surface area contributed by atoms with Crippen molar-refractivity contribution >= 4 is 27.5 Å². The fourth-order valence-electron chi connectivity index (χ4n) is 5.95. The molecular formula is C32H30F3N5O5S. The quantitative estimate of drug-likeness (QED) is 0.348. The Labute approximate surface area is 264 Å². The molecule has 0 aromatic heterocycles. The van der Waals surface area contributed by atoms with Crippen LogP contribution in [0, 0.1) is 11.3 Å². The molecule has 2 heterocycles. The number of nitrogens with one attached hydrogen (secondary N) is 1. The molecule has 1 saturated heterocycles. The Balaban J connectivity index is 1.64. The van der Waals surface area contributed by atoms with Crippen LogP contribution < -0.4 is 10.3 Å². The second-order valence-corrected chi connectivity index (χ2v) is 13.1. The van der Waals surface area contributed by atoms with Crippen molar-refractivity contribution < 1.29 is 35.9 Å². The summed E-state index contributed by atoms with van der Waals surface area (Å²) in [5, 5.41) is 10.7. The maximum absolute atomic E-state index is 14.3. The Bertz CT molecular complexity index is 1870. The highest BCUT2D eigenvalue weighted by Gasteiger charge is 2.59. The molecular weight excluding hydrogens is 623 g/mol. The van der Waals surface area contributed by atoms with Gasteiger partial charge in [0.1, 0.15) is 0 Å². The molecule has 0 spiro atoms. The van der Waals surface area contributed by atoms with E-state index in [1.165, 1.54) is 46.2 Å². The van der Waals surface area contributed by atoms with Crippen LogP contribution in [-0.2, 0) is 32.0 Å². The maximum Gasteiger partial charge on any atom is 0.416 e. The summed E-state index contributed by atoms with van der Waals surface area (Å²) in [4.78, 5) is 30.7. The minimum atomic E-state index is -4.65. The summed E-state index contributed by atoms with van der Waals surface area (Å²) >= 11 is 0. The number of urea groups is 1. The normalized spacial score (nSPS) is 20.1. The lowest BCUT2D eigenvalue weighted by Gasteiger charge is -2.52. The molecule has 1 unspecified atom stereocenters. The largest absolute Gasteiger partial charge is 0.466 e. The second kappa shape index (κ2) is 11.8. The standard InChI is InChI=1S/C32H30F3N5O5S/c1-20-27(29(41)45-3)28(23-12-8-22(19-36)9-13-23)40-30(42)38(17-16-21-10-14-26(15-11-21)46(4,43)44)37-31(40,2)39(20)25-7-5-6-24(18-25)32(33,34)35/h5-15,18,28,37H,16-17H2,1-4H3/t28-,31?/m1/s1. The van der Waals surface area contributed by atoms with Gasteiger partial charge in [-0.2, -0.15) is 23.9 Å². The van der Waals surface area contributed by atoms with E-state index in [4.69, 9.17) is 4.74 Å². The molecule has 10 nitrogen and oxygen atoms in total. The van der Waals surface area contributed by atoms with Gasteiger partial charge >= 0.3 is 18.2 Å². The van der Waals surface area contributed by atoms with Crippen molar-refractivity contribution in [3.05, 3.63) is 106 Å². The van der Waals surface area contributed by atoms with Gasteiger partial charge in [0.05, 0.1) is 40.8 Å². The molecule has 1 N–H and O–H groups in total. The van der Waals surface area contributed by atoms with Gasteiger partial charge in [-0.1, -0.05) is 30.3 Å². The van der Waals surface area contributed by atoms with Crippen molar-refractivity contribution in [1.29, 1.82) is 5.26 Å². The number of rotatable bonds is 7. The number of carbonyl (C=O) groups is 2. The van der Waals surface area contributed by atoms with Crippen molar-refractivity contribution in [2.24, 2.45) is 0 Å². The van der Waals surface area contributed by atoms with Gasteiger partial charge in [0, 0.05) is 24.2 Å². The highest BCUT2D eigenvalue weighted by atomic mass is 32.2. The number of methoxy groups -OCH3 is 1. The van der Waals surface area contributed by atoms with E-state index in [0.717, 1.165) is 24.0 Å². The number of nitrogens with zero attached hydrogens (tertiary/aromatic N) is 4. The molecule has 2 atom stereocenters. The molecule has 3 aromatic rings. The Hall–Kier alpha value is -4.87. The molecule has 240 valence electrons. The zero-order valence-electron chi connectivity index (χ0n) is 25.3. The van der Waals surface area contributed by atoms with Crippen LogP contribution >= 0.6 is 0 Å². The maximum atomic E-state index is 14.3. The molecule has 46 heavy (non-hydrogen) atoms. The van der Waals surface area contributed by atoms with Gasteiger partial charge < -0.3 is 9.64 Å². The molecule has 5 rings (SSSR count). The molecule has 2 aliphatic rings. The number of anilines is 1. The predicted molar refractivity (Wildman–Crippen MR) is 161 cm³/mol. The Kier molecular flexibility index (Phi) is 8.35. The molecule has 2 aliphatic heterocycles. The number of alkyl halides is 3. The van der Waals surface area contributed by atoms with Crippen molar-refractivity contribution in [1.82, 2.24) is 15.3 Å². The summed E-state index contributed by atoms with van der Waals surface area (Å²) in [6.45, 7) is 3.29. The molecule has 0 aliphatic carbocycles. The second-order valence-electron chi connectivity index (χ2n) is 11.1. The van der Waals surface area contributed by atoms with Crippen LogP contribution in [0.25, 0.3) is 0 Å². The van der Waals surface area contributed by atoms with E-state index in [-0.39, 0.29) is 28.4 Å². The zero-order valence-corrected chi connectivity index (χ0v) is 26.1. The van der Waals surface area contributed by atoms with E-state index in [0.29, 0.717) is 17.5 Å². The summed E-state index contributed by atoms with van der Waals surface area (Å²) in [6.07, 6.45) is -3.25. The summed E-state index contributed by atoms with van der Waals surface area (Å²) in [6, 6.07) is 17.5. The predicted octanol–water partition coefficient (Wildman–Crippen LogP) is 5.15. The SMILES string of the molecule is COC(=O)C1=C(C)N(c2cccc(C(F)(F)F)c2)C2(C)NN(CCc3ccc(S(C)(=O)=O)cc3)C(=O)N2[C@@H]1c1ccc(C#N)cc1. The van der Waals surface area contributed by atoms with E-state index in [1.807, 2.05) is 6.07 Å². The average Bonchev–Trinajstić information content (AvgIpc) is 3.27. The molecule has 1 fully saturated rings. The van der Waals surface area contributed by atoms with Crippen molar-refractivity contribution in [3.8, 4) is 6.07 Å². The molecule has 3 aromatic carbocycles. The number of hydrogen-bond donors (Lipinski definition) is 1. The summed E-state index contributed by atoms with van der Waals surface area (Å²) in [7, 11) is -2.23. The number of hydrogen-bond acceptors (Lipinski definition) is 8. The van der Waals surface area contributed by atoms with Crippen LogP contribution in [0.1, 0.15) is 42.1 Å². The highest BCUT2D eigenvalue weighted by molar-refractivity contribution is 7.90. The third kappa shape index (κ3) is 5.79. The average molecular weight is 654 g/mol. The number of esters is 1. The van der Waals surface area contributed by atoms with Crippen LogP contribution in [0.3, 0.4) is 0 Å². The van der Waals surface area contributed by atoms with Gasteiger partial charge in [0.15, 0.2) is 15.6 Å². The van der Waals surface area contributed by atoms with Crippen molar-refractivity contribution in [2.45, 2.75) is 43.2 Å². The first-order valence-electron chi connectivity index (χ1n) is 14.0. The molecule has 2 amide bonds.